The minimum absolute atomic E-state index is 0.00635. The average molecular weight is 381 g/mol. The fraction of sp³-hybridized carbons (Fsp3) is 0.391. The smallest absolute Gasteiger partial charge is 0.314 e. The Kier molecular flexibility index (Phi) is 6.02. The monoisotopic (exact) mass is 381 g/mol. The van der Waals surface area contributed by atoms with Crippen LogP contribution in [-0.4, -0.2) is 41.1 Å². The van der Waals surface area contributed by atoms with Crippen LogP contribution in [0.15, 0.2) is 54.6 Å². The van der Waals surface area contributed by atoms with E-state index in [2.05, 4.69) is 0 Å². The zero-order valence-corrected chi connectivity index (χ0v) is 16.4. The Labute approximate surface area is 165 Å². The van der Waals surface area contributed by atoms with Crippen LogP contribution in [-0.2, 0) is 21.4 Å². The normalized spacial score (nSPS) is 16.0. The summed E-state index contributed by atoms with van der Waals surface area (Å²) in [5, 5.41) is 9.90. The van der Waals surface area contributed by atoms with Gasteiger partial charge in [-0.15, -0.1) is 0 Å². The predicted molar refractivity (Wildman–Crippen MR) is 107 cm³/mol. The maximum Gasteiger partial charge on any atom is 0.314 e. The molecule has 0 atom stereocenters. The van der Waals surface area contributed by atoms with E-state index in [4.69, 9.17) is 4.74 Å². The maximum atomic E-state index is 12.8. The first-order valence-corrected chi connectivity index (χ1v) is 9.73. The number of carbonyl (C=O) groups excluding carboxylic acids is 1. The van der Waals surface area contributed by atoms with Crippen molar-refractivity contribution >= 4 is 11.9 Å². The Hall–Kier alpha value is -2.82. The number of ether oxygens (including phenoxy) is 1. The summed E-state index contributed by atoms with van der Waals surface area (Å²) in [6.07, 6.45) is 1.13. The van der Waals surface area contributed by atoms with Crippen LogP contribution in [0.3, 0.4) is 0 Å². The van der Waals surface area contributed by atoms with E-state index in [1.165, 1.54) is 0 Å². The molecule has 2 aromatic rings. The molecular weight excluding hydrogens is 354 g/mol. The van der Waals surface area contributed by atoms with E-state index >= 15 is 0 Å². The average Bonchev–Trinajstić information content (AvgIpc) is 2.69. The molecule has 0 spiro atoms. The highest BCUT2D eigenvalue weighted by Gasteiger charge is 2.43. The molecule has 1 aliphatic heterocycles. The molecule has 2 aromatic carbocycles. The highest BCUT2D eigenvalue weighted by molar-refractivity contribution is 5.83. The van der Waals surface area contributed by atoms with Gasteiger partial charge in [0.25, 0.3) is 0 Å². The number of hydrogen-bond donors (Lipinski definition) is 1. The standard InChI is InChI=1S/C23H27NO4/c1-17(2)28-20-11-7-6-8-18(20)16-21(25)24-14-12-23(13-15-24,22(26)27)19-9-4-3-5-10-19/h3-11,17H,12-16H2,1-2H3,(H,26,27). The fourth-order valence-corrected chi connectivity index (χ4v) is 3.81. The Morgan fingerprint density at radius 2 is 1.64 bits per heavy atom. The minimum Gasteiger partial charge on any atom is -0.491 e. The number of para-hydroxylation sites is 1. The van der Waals surface area contributed by atoms with Crippen molar-refractivity contribution in [3.8, 4) is 5.75 Å². The minimum atomic E-state index is -0.920. The molecule has 0 bridgehead atoms. The second-order valence-corrected chi connectivity index (χ2v) is 7.59. The number of amides is 1. The number of nitrogens with zero attached hydrogens (tertiary/aromatic N) is 1. The molecule has 28 heavy (non-hydrogen) atoms. The van der Waals surface area contributed by atoms with Crippen molar-refractivity contribution in [2.24, 2.45) is 0 Å². The van der Waals surface area contributed by atoms with E-state index in [1.807, 2.05) is 68.4 Å². The van der Waals surface area contributed by atoms with Crippen molar-refractivity contribution in [1.82, 2.24) is 4.90 Å². The van der Waals surface area contributed by atoms with Gasteiger partial charge in [-0.05, 0) is 38.3 Å². The molecule has 1 amide bonds. The second-order valence-electron chi connectivity index (χ2n) is 7.59. The van der Waals surface area contributed by atoms with E-state index in [-0.39, 0.29) is 18.4 Å². The Morgan fingerprint density at radius 3 is 2.25 bits per heavy atom. The number of rotatable bonds is 6. The van der Waals surface area contributed by atoms with E-state index in [1.54, 1.807) is 4.90 Å². The summed E-state index contributed by atoms with van der Waals surface area (Å²) in [5.74, 6) is -0.0830. The van der Waals surface area contributed by atoms with E-state index in [0.29, 0.717) is 25.9 Å². The van der Waals surface area contributed by atoms with Crippen LogP contribution in [0, 0.1) is 0 Å². The predicted octanol–water partition coefficient (Wildman–Crippen LogP) is 3.66. The van der Waals surface area contributed by atoms with Gasteiger partial charge in [-0.1, -0.05) is 48.5 Å². The van der Waals surface area contributed by atoms with Crippen LogP contribution < -0.4 is 4.74 Å². The number of likely N-dealkylation sites (tertiary alicyclic amines) is 1. The highest BCUT2D eigenvalue weighted by Crippen LogP contribution is 2.36. The lowest BCUT2D eigenvalue weighted by Crippen LogP contribution is -2.49. The van der Waals surface area contributed by atoms with Crippen LogP contribution in [0.4, 0.5) is 0 Å². The first kappa shape index (κ1) is 19.9. The molecular formula is C23H27NO4. The Bertz CT molecular complexity index is 824. The number of hydrogen-bond acceptors (Lipinski definition) is 3. The van der Waals surface area contributed by atoms with Crippen molar-refractivity contribution in [3.63, 3.8) is 0 Å². The van der Waals surface area contributed by atoms with Crippen LogP contribution in [0.25, 0.3) is 0 Å². The zero-order valence-electron chi connectivity index (χ0n) is 16.4. The van der Waals surface area contributed by atoms with Crippen LogP contribution >= 0.6 is 0 Å². The summed E-state index contributed by atoms with van der Waals surface area (Å²) in [7, 11) is 0. The summed E-state index contributed by atoms with van der Waals surface area (Å²) >= 11 is 0. The second kappa shape index (κ2) is 8.46. The quantitative estimate of drug-likeness (QED) is 0.829. The third-order valence-corrected chi connectivity index (χ3v) is 5.38. The molecule has 5 heteroatoms. The number of aliphatic carboxylic acids is 1. The van der Waals surface area contributed by atoms with Crippen molar-refractivity contribution in [2.45, 2.75) is 44.6 Å². The largest absolute Gasteiger partial charge is 0.491 e. The molecule has 1 aliphatic rings. The molecule has 1 N–H and O–H groups in total. The van der Waals surface area contributed by atoms with E-state index in [0.717, 1.165) is 16.9 Å². The van der Waals surface area contributed by atoms with Gasteiger partial charge in [0.15, 0.2) is 0 Å². The molecule has 3 rings (SSSR count). The van der Waals surface area contributed by atoms with Gasteiger partial charge < -0.3 is 14.7 Å². The topological polar surface area (TPSA) is 66.8 Å². The lowest BCUT2D eigenvalue weighted by molar-refractivity contribution is -0.148. The molecule has 1 fully saturated rings. The number of benzene rings is 2. The maximum absolute atomic E-state index is 12.8. The van der Waals surface area contributed by atoms with Gasteiger partial charge in [0, 0.05) is 18.7 Å². The first-order chi connectivity index (χ1) is 13.4. The van der Waals surface area contributed by atoms with Gasteiger partial charge in [-0.2, -0.15) is 0 Å². The summed E-state index contributed by atoms with van der Waals surface area (Å²) in [5.41, 5.74) is 0.751. The zero-order chi connectivity index (χ0) is 20.1. The van der Waals surface area contributed by atoms with Crippen molar-refractivity contribution in [3.05, 3.63) is 65.7 Å². The van der Waals surface area contributed by atoms with Crippen molar-refractivity contribution < 1.29 is 19.4 Å². The number of piperidine rings is 1. The van der Waals surface area contributed by atoms with Crippen LogP contribution in [0.1, 0.15) is 37.8 Å². The SMILES string of the molecule is CC(C)Oc1ccccc1CC(=O)N1CCC(C(=O)O)(c2ccccc2)CC1. The molecule has 0 saturated carbocycles. The fourth-order valence-electron chi connectivity index (χ4n) is 3.81. The van der Waals surface area contributed by atoms with Crippen LogP contribution in [0.5, 0.6) is 5.75 Å². The third kappa shape index (κ3) is 4.19. The summed E-state index contributed by atoms with van der Waals surface area (Å²) < 4.78 is 5.81. The summed E-state index contributed by atoms with van der Waals surface area (Å²) in [4.78, 5) is 26.7. The van der Waals surface area contributed by atoms with E-state index < -0.39 is 11.4 Å². The van der Waals surface area contributed by atoms with Gasteiger partial charge in [0.05, 0.1) is 17.9 Å². The number of carbonyl (C=O) groups is 2. The van der Waals surface area contributed by atoms with Crippen molar-refractivity contribution in [2.75, 3.05) is 13.1 Å². The Morgan fingerprint density at radius 1 is 1.04 bits per heavy atom. The lowest BCUT2D eigenvalue weighted by atomic mass is 9.73. The Balaban J connectivity index is 1.70. The molecule has 0 radical (unpaired) electrons. The highest BCUT2D eigenvalue weighted by atomic mass is 16.5. The molecule has 148 valence electrons. The lowest BCUT2D eigenvalue weighted by Gasteiger charge is -2.39. The van der Waals surface area contributed by atoms with Gasteiger partial charge in [-0.3, -0.25) is 9.59 Å². The van der Waals surface area contributed by atoms with Gasteiger partial charge in [0.2, 0.25) is 5.91 Å². The molecule has 0 unspecified atom stereocenters. The molecule has 1 saturated heterocycles. The van der Waals surface area contributed by atoms with Crippen molar-refractivity contribution in [1.29, 1.82) is 0 Å². The molecule has 1 heterocycles. The molecule has 5 nitrogen and oxygen atoms in total. The van der Waals surface area contributed by atoms with E-state index in [9.17, 15) is 14.7 Å². The molecule has 0 aromatic heterocycles. The molecule has 0 aliphatic carbocycles. The first-order valence-electron chi connectivity index (χ1n) is 9.73. The van der Waals surface area contributed by atoms with Gasteiger partial charge >= 0.3 is 5.97 Å². The number of carboxylic acid groups (broad SMARTS) is 1. The van der Waals surface area contributed by atoms with Gasteiger partial charge in [-0.25, -0.2) is 0 Å². The third-order valence-electron chi connectivity index (χ3n) is 5.38. The number of carboxylic acids is 1. The summed E-state index contributed by atoms with van der Waals surface area (Å²) in [6.45, 7) is 4.79. The van der Waals surface area contributed by atoms with Crippen LogP contribution in [0.2, 0.25) is 0 Å². The van der Waals surface area contributed by atoms with Gasteiger partial charge in [0.1, 0.15) is 5.75 Å². The summed E-state index contributed by atoms with van der Waals surface area (Å²) in [6, 6.07) is 16.9.